The molecule has 6 atom stereocenters. The Morgan fingerprint density at radius 1 is 1.06 bits per heavy atom. The Morgan fingerprint density at radius 2 is 1.74 bits per heavy atom. The molecular formula is C30H41NO3. The van der Waals surface area contributed by atoms with Gasteiger partial charge in [-0.3, -0.25) is 9.59 Å². The molecule has 0 saturated heterocycles. The summed E-state index contributed by atoms with van der Waals surface area (Å²) in [5.41, 5.74) is 9.86. The van der Waals surface area contributed by atoms with Gasteiger partial charge in [-0.1, -0.05) is 52.3 Å². The summed E-state index contributed by atoms with van der Waals surface area (Å²) in [6.07, 6.45) is 14.4. The van der Waals surface area contributed by atoms with Gasteiger partial charge >= 0.3 is 0 Å². The van der Waals surface area contributed by atoms with E-state index in [0.29, 0.717) is 11.5 Å². The number of hydrogen-bond donors (Lipinski definition) is 2. The van der Waals surface area contributed by atoms with Gasteiger partial charge in [0.25, 0.3) is 0 Å². The summed E-state index contributed by atoms with van der Waals surface area (Å²) in [6.45, 7) is 13.5. The Balaban J connectivity index is 1.67. The molecule has 0 radical (unpaired) electrons. The van der Waals surface area contributed by atoms with E-state index in [2.05, 4.69) is 46.8 Å². The average molecular weight is 464 g/mol. The second kappa shape index (κ2) is 6.98. The molecule has 0 unspecified atom stereocenters. The summed E-state index contributed by atoms with van der Waals surface area (Å²) in [5.74, 6) is -0.100. The van der Waals surface area contributed by atoms with Crippen molar-refractivity contribution in [2.75, 3.05) is 0 Å². The standard InChI is InChI=1S/C30H41NO3/c1-7-30-15-13-28(5)20-16-21(32)24(33)18(2)19(20)8-9-22(28)29(30,6)14-12-26(3)10-11-27(4,25(31)34)17-23(26)30/h8-9,16,23,33H,7,10-15,17H2,1-6H3,(H2,31,34)/t23-,26-,27-,28+,29-,30+/m1/s1. The molecule has 0 aromatic rings. The molecule has 5 rings (SSSR count). The van der Waals surface area contributed by atoms with Crippen molar-refractivity contribution >= 4 is 11.7 Å². The van der Waals surface area contributed by atoms with Gasteiger partial charge in [0.1, 0.15) is 0 Å². The second-order valence-corrected chi connectivity index (χ2v) is 13.1. The number of hydrogen-bond acceptors (Lipinski definition) is 3. The lowest BCUT2D eigenvalue weighted by Gasteiger charge is -2.71. The minimum atomic E-state index is -0.433. The second-order valence-electron chi connectivity index (χ2n) is 13.1. The zero-order valence-corrected chi connectivity index (χ0v) is 21.8. The van der Waals surface area contributed by atoms with Gasteiger partial charge in [-0.05, 0) is 97.7 Å². The molecule has 1 amide bonds. The number of carbonyl (C=O) groups excluding carboxylic acids is 2. The first-order valence-electron chi connectivity index (χ1n) is 13.2. The number of rotatable bonds is 2. The van der Waals surface area contributed by atoms with Crippen molar-refractivity contribution in [1.29, 1.82) is 0 Å². The van der Waals surface area contributed by atoms with Gasteiger partial charge in [-0.15, -0.1) is 0 Å². The molecule has 0 heterocycles. The predicted molar refractivity (Wildman–Crippen MR) is 135 cm³/mol. The molecule has 0 aliphatic heterocycles. The van der Waals surface area contributed by atoms with Crippen LogP contribution in [0.15, 0.2) is 46.3 Å². The summed E-state index contributed by atoms with van der Waals surface area (Å²) in [5, 5.41) is 10.3. The van der Waals surface area contributed by atoms with E-state index in [0.717, 1.165) is 62.5 Å². The Kier molecular flexibility index (Phi) is 4.85. The summed E-state index contributed by atoms with van der Waals surface area (Å²) in [4.78, 5) is 25.2. The fourth-order valence-corrected chi connectivity index (χ4v) is 9.25. The van der Waals surface area contributed by atoms with E-state index in [1.165, 1.54) is 5.57 Å². The zero-order chi connectivity index (χ0) is 24.9. The van der Waals surface area contributed by atoms with Crippen LogP contribution in [0, 0.1) is 33.0 Å². The predicted octanol–water partition coefficient (Wildman–Crippen LogP) is 6.49. The molecule has 0 aromatic carbocycles. The maximum atomic E-state index is 12.6. The van der Waals surface area contributed by atoms with Gasteiger partial charge in [0.15, 0.2) is 5.76 Å². The highest BCUT2D eigenvalue weighted by Crippen LogP contribution is 2.76. The molecule has 5 aliphatic rings. The molecule has 4 heteroatoms. The topological polar surface area (TPSA) is 80.4 Å². The number of amides is 1. The molecule has 0 spiro atoms. The normalized spacial score (nSPS) is 45.8. The number of allylic oxidation sites excluding steroid dienone is 7. The molecule has 0 bridgehead atoms. The van der Waals surface area contributed by atoms with Crippen molar-refractivity contribution in [2.45, 2.75) is 92.9 Å². The van der Waals surface area contributed by atoms with Crippen LogP contribution in [0.1, 0.15) is 92.9 Å². The third-order valence-corrected chi connectivity index (χ3v) is 11.8. The lowest BCUT2D eigenvalue weighted by Crippen LogP contribution is -2.63. The number of fused-ring (bicyclic) bond motifs is 7. The van der Waals surface area contributed by atoms with Gasteiger partial charge in [0, 0.05) is 16.4 Å². The van der Waals surface area contributed by atoms with Gasteiger partial charge in [-0.2, -0.15) is 0 Å². The van der Waals surface area contributed by atoms with Gasteiger partial charge < -0.3 is 10.8 Å². The highest BCUT2D eigenvalue weighted by Gasteiger charge is 2.68. The maximum Gasteiger partial charge on any atom is 0.223 e. The lowest BCUT2D eigenvalue weighted by atomic mass is 9.33. The van der Waals surface area contributed by atoms with Crippen molar-refractivity contribution in [3.05, 3.63) is 46.3 Å². The Bertz CT molecular complexity index is 1120. The van der Waals surface area contributed by atoms with E-state index in [1.54, 1.807) is 6.08 Å². The largest absolute Gasteiger partial charge is 0.504 e. The van der Waals surface area contributed by atoms with Crippen LogP contribution in [0.25, 0.3) is 0 Å². The zero-order valence-electron chi connectivity index (χ0n) is 21.8. The van der Waals surface area contributed by atoms with Crippen LogP contribution in [0.4, 0.5) is 0 Å². The quantitative estimate of drug-likeness (QED) is 0.491. The van der Waals surface area contributed by atoms with Crippen LogP contribution < -0.4 is 5.73 Å². The van der Waals surface area contributed by atoms with Crippen molar-refractivity contribution in [1.82, 2.24) is 0 Å². The van der Waals surface area contributed by atoms with Gasteiger partial charge in [-0.25, -0.2) is 0 Å². The molecule has 184 valence electrons. The van der Waals surface area contributed by atoms with Crippen LogP contribution in [-0.4, -0.2) is 16.8 Å². The summed E-state index contributed by atoms with van der Waals surface area (Å²) < 4.78 is 0. The molecule has 0 aromatic heterocycles. The van der Waals surface area contributed by atoms with Crippen LogP contribution in [-0.2, 0) is 9.59 Å². The first-order chi connectivity index (χ1) is 15.8. The van der Waals surface area contributed by atoms with Crippen LogP contribution in [0.3, 0.4) is 0 Å². The van der Waals surface area contributed by atoms with Crippen LogP contribution >= 0.6 is 0 Å². The Labute approximate surface area is 204 Å². The summed E-state index contributed by atoms with van der Waals surface area (Å²) in [6, 6.07) is 0. The van der Waals surface area contributed by atoms with Crippen LogP contribution in [0.2, 0.25) is 0 Å². The van der Waals surface area contributed by atoms with E-state index in [-0.39, 0.29) is 39.1 Å². The Morgan fingerprint density at radius 3 is 2.38 bits per heavy atom. The fraction of sp³-hybridized carbons (Fsp3) is 0.667. The third kappa shape index (κ3) is 2.66. The van der Waals surface area contributed by atoms with Crippen molar-refractivity contribution in [3.8, 4) is 0 Å². The van der Waals surface area contributed by atoms with Crippen molar-refractivity contribution in [2.24, 2.45) is 38.7 Å². The van der Waals surface area contributed by atoms with E-state index in [1.807, 2.05) is 6.92 Å². The highest BCUT2D eigenvalue weighted by molar-refractivity contribution is 6.06. The Hall–Kier alpha value is -2.10. The molecular weight excluding hydrogens is 422 g/mol. The minimum absolute atomic E-state index is 0.0160. The van der Waals surface area contributed by atoms with Crippen molar-refractivity contribution < 1.29 is 14.7 Å². The number of nitrogens with two attached hydrogens (primary N) is 1. The van der Waals surface area contributed by atoms with E-state index in [9.17, 15) is 14.7 Å². The molecule has 5 aliphatic carbocycles. The SMILES string of the molecule is CC[C@@]12CC[C@@]3(C)C4=CC(=O)C(O)=C(C)C4=CC=C3[C@@]1(C)CC[C@@]1(C)CC[C@@](C)(C(N)=O)C[C@H]12. The maximum absolute atomic E-state index is 12.6. The van der Waals surface area contributed by atoms with E-state index < -0.39 is 5.41 Å². The molecule has 3 N–H and O–H groups in total. The molecule has 3 fully saturated rings. The van der Waals surface area contributed by atoms with Gasteiger partial charge in [0.2, 0.25) is 11.7 Å². The van der Waals surface area contributed by atoms with E-state index in [4.69, 9.17) is 5.73 Å². The summed E-state index contributed by atoms with van der Waals surface area (Å²) >= 11 is 0. The first kappa shape index (κ1) is 23.6. The molecule has 4 nitrogen and oxygen atoms in total. The van der Waals surface area contributed by atoms with Crippen molar-refractivity contribution in [3.63, 3.8) is 0 Å². The third-order valence-electron chi connectivity index (χ3n) is 11.8. The summed E-state index contributed by atoms with van der Waals surface area (Å²) in [7, 11) is 0. The van der Waals surface area contributed by atoms with Crippen LogP contribution in [0.5, 0.6) is 0 Å². The fourth-order valence-electron chi connectivity index (χ4n) is 9.25. The molecule has 34 heavy (non-hydrogen) atoms. The lowest BCUT2D eigenvalue weighted by molar-refractivity contribution is -0.176. The number of primary amides is 1. The smallest absolute Gasteiger partial charge is 0.223 e. The number of carbonyl (C=O) groups is 2. The number of aliphatic hydroxyl groups is 1. The molecule has 3 saturated carbocycles. The highest BCUT2D eigenvalue weighted by atomic mass is 16.3. The first-order valence-corrected chi connectivity index (χ1v) is 13.2. The van der Waals surface area contributed by atoms with Gasteiger partial charge in [0.05, 0.1) is 0 Å². The average Bonchev–Trinajstić information content (AvgIpc) is 2.79. The number of aliphatic hydroxyl groups excluding tert-OH is 1. The minimum Gasteiger partial charge on any atom is -0.504 e. The van der Waals surface area contributed by atoms with E-state index >= 15 is 0 Å². The number of ketones is 1. The monoisotopic (exact) mass is 463 g/mol.